The van der Waals surface area contributed by atoms with Crippen molar-refractivity contribution in [2.24, 2.45) is 0 Å². The molecule has 0 unspecified atom stereocenters. The summed E-state index contributed by atoms with van der Waals surface area (Å²) in [7, 11) is 0. The van der Waals surface area contributed by atoms with Crippen LogP contribution >= 0.6 is 0 Å². The number of benzene rings is 2. The summed E-state index contributed by atoms with van der Waals surface area (Å²) in [6, 6.07) is 17.0. The van der Waals surface area contributed by atoms with Crippen LogP contribution in [-0.4, -0.2) is 10.2 Å². The molecule has 1 atom stereocenters. The summed E-state index contributed by atoms with van der Waals surface area (Å²) >= 11 is 0. The van der Waals surface area contributed by atoms with E-state index >= 15 is 0 Å². The Morgan fingerprint density at radius 3 is 1.75 bits per heavy atom. The van der Waals surface area contributed by atoms with Gasteiger partial charge in [0.05, 0.1) is 16.6 Å². The molecule has 0 saturated heterocycles. The Morgan fingerprint density at radius 2 is 1.30 bits per heavy atom. The van der Waals surface area contributed by atoms with E-state index in [1.54, 1.807) is 0 Å². The van der Waals surface area contributed by atoms with Crippen LogP contribution in [0.2, 0.25) is 0 Å². The van der Waals surface area contributed by atoms with E-state index in [4.69, 9.17) is 4.74 Å². The Hall–Kier alpha value is -1.80. The first-order chi connectivity index (χ1) is 9.47. The minimum absolute atomic E-state index is 0.000185. The van der Waals surface area contributed by atoms with Crippen LogP contribution in [0.4, 0.5) is 0 Å². The maximum Gasteiger partial charge on any atom is 0.132 e. The van der Waals surface area contributed by atoms with Gasteiger partial charge in [-0.3, -0.25) is 0 Å². The maximum atomic E-state index is 6.16. The first-order valence-electron chi connectivity index (χ1n) is 7.13. The largest absolute Gasteiger partial charge is 0.353 e. The van der Waals surface area contributed by atoms with Crippen molar-refractivity contribution in [1.29, 1.82) is 0 Å². The van der Waals surface area contributed by atoms with Gasteiger partial charge in [0.15, 0.2) is 0 Å². The van der Waals surface area contributed by atoms with Crippen LogP contribution in [0.25, 0.3) is 21.8 Å². The van der Waals surface area contributed by atoms with Crippen LogP contribution in [0.3, 0.4) is 0 Å². The van der Waals surface area contributed by atoms with E-state index in [-0.39, 0.29) is 11.8 Å². The Kier molecular flexibility index (Phi) is 3.06. The Labute approximate surface area is 120 Å². The number of hydrogen-bond donors (Lipinski definition) is 0. The van der Waals surface area contributed by atoms with Gasteiger partial charge in [0.2, 0.25) is 0 Å². The number of fused-ring (bicyclic) bond motifs is 3. The van der Waals surface area contributed by atoms with Gasteiger partial charge in [-0.15, -0.1) is 0 Å². The van der Waals surface area contributed by atoms with Gasteiger partial charge in [0.1, 0.15) is 6.23 Å². The van der Waals surface area contributed by atoms with E-state index in [0.29, 0.717) is 0 Å². The van der Waals surface area contributed by atoms with Gasteiger partial charge in [-0.2, -0.15) is 0 Å². The fraction of sp³-hybridized carbons (Fsp3) is 0.333. The topological polar surface area (TPSA) is 14.2 Å². The first-order valence-corrected chi connectivity index (χ1v) is 7.13. The molecule has 104 valence electrons. The SMILES string of the molecule is C[C@H](OC(C)(C)C)n1c2ccccc2c2ccccc21. The average molecular weight is 267 g/mol. The Balaban J connectivity index is 2.26. The van der Waals surface area contributed by atoms with Crippen LogP contribution in [0, 0.1) is 0 Å². The smallest absolute Gasteiger partial charge is 0.132 e. The lowest BCUT2D eigenvalue weighted by Gasteiger charge is -2.27. The minimum Gasteiger partial charge on any atom is -0.353 e. The molecule has 3 rings (SSSR count). The molecule has 0 aliphatic carbocycles. The third-order valence-electron chi connectivity index (χ3n) is 3.51. The first kappa shape index (κ1) is 13.2. The number of rotatable bonds is 2. The van der Waals surface area contributed by atoms with E-state index < -0.39 is 0 Å². The van der Waals surface area contributed by atoms with Crippen molar-refractivity contribution < 1.29 is 4.74 Å². The predicted molar refractivity (Wildman–Crippen MR) is 85.0 cm³/mol. The highest BCUT2D eigenvalue weighted by Gasteiger charge is 2.20. The molecule has 1 heterocycles. The van der Waals surface area contributed by atoms with Crippen LogP contribution < -0.4 is 0 Å². The second-order valence-corrected chi connectivity index (χ2v) is 6.23. The number of ether oxygens (including phenoxy) is 1. The van der Waals surface area contributed by atoms with E-state index in [0.717, 1.165) is 0 Å². The molecular weight excluding hydrogens is 246 g/mol. The van der Waals surface area contributed by atoms with Crippen molar-refractivity contribution >= 4 is 21.8 Å². The number of nitrogens with zero attached hydrogens (tertiary/aromatic N) is 1. The van der Waals surface area contributed by atoms with E-state index in [1.807, 2.05) is 0 Å². The summed E-state index contributed by atoms with van der Waals surface area (Å²) in [5.74, 6) is 0. The maximum absolute atomic E-state index is 6.16. The molecule has 0 bridgehead atoms. The van der Waals surface area contributed by atoms with Gasteiger partial charge in [-0.1, -0.05) is 36.4 Å². The standard InChI is InChI=1S/C18H21NO/c1-13(20-18(2,3)4)19-16-11-7-5-9-14(16)15-10-6-8-12-17(15)19/h5-13H,1-4H3/t13-/m0/s1. The molecule has 20 heavy (non-hydrogen) atoms. The second-order valence-electron chi connectivity index (χ2n) is 6.23. The summed E-state index contributed by atoms with van der Waals surface area (Å²) in [4.78, 5) is 0. The van der Waals surface area contributed by atoms with Crippen LogP contribution in [0.15, 0.2) is 48.5 Å². The second kappa shape index (κ2) is 4.64. The Bertz CT molecular complexity index is 696. The van der Waals surface area contributed by atoms with Gasteiger partial charge in [0.25, 0.3) is 0 Å². The van der Waals surface area contributed by atoms with Crippen LogP contribution in [0.1, 0.15) is 33.9 Å². The number of aromatic nitrogens is 1. The van der Waals surface area contributed by atoms with E-state index in [9.17, 15) is 0 Å². The summed E-state index contributed by atoms with van der Waals surface area (Å²) in [5, 5.41) is 2.57. The van der Waals surface area contributed by atoms with Crippen molar-refractivity contribution in [3.05, 3.63) is 48.5 Å². The lowest BCUT2D eigenvalue weighted by atomic mass is 10.2. The van der Waals surface area contributed by atoms with Crippen molar-refractivity contribution in [2.75, 3.05) is 0 Å². The zero-order valence-electron chi connectivity index (χ0n) is 12.6. The lowest BCUT2D eigenvalue weighted by Crippen LogP contribution is -2.24. The Morgan fingerprint density at radius 1 is 0.850 bits per heavy atom. The van der Waals surface area contributed by atoms with Crippen LogP contribution in [0.5, 0.6) is 0 Å². The molecule has 0 spiro atoms. The number of hydrogen-bond acceptors (Lipinski definition) is 1. The van der Waals surface area contributed by atoms with Gasteiger partial charge in [-0.05, 0) is 39.8 Å². The highest BCUT2D eigenvalue weighted by Crippen LogP contribution is 2.33. The summed E-state index contributed by atoms with van der Waals surface area (Å²) in [5.41, 5.74) is 2.29. The number of para-hydroxylation sites is 2. The molecule has 0 amide bonds. The molecule has 2 nitrogen and oxygen atoms in total. The minimum atomic E-state index is -0.161. The normalized spacial score (nSPS) is 14.0. The molecular formula is C18H21NO. The highest BCUT2D eigenvalue weighted by atomic mass is 16.5. The summed E-state index contributed by atoms with van der Waals surface area (Å²) in [6.45, 7) is 8.40. The zero-order valence-corrected chi connectivity index (χ0v) is 12.6. The van der Waals surface area contributed by atoms with E-state index in [2.05, 4.69) is 80.8 Å². The van der Waals surface area contributed by atoms with Gasteiger partial charge in [-0.25, -0.2) is 0 Å². The van der Waals surface area contributed by atoms with Crippen molar-refractivity contribution in [2.45, 2.75) is 39.5 Å². The van der Waals surface area contributed by atoms with Gasteiger partial charge < -0.3 is 9.30 Å². The molecule has 2 aromatic carbocycles. The quantitative estimate of drug-likeness (QED) is 0.628. The molecule has 1 aromatic heterocycles. The van der Waals surface area contributed by atoms with Crippen LogP contribution in [-0.2, 0) is 4.74 Å². The summed E-state index contributed by atoms with van der Waals surface area (Å²) < 4.78 is 8.45. The molecule has 0 saturated carbocycles. The van der Waals surface area contributed by atoms with Crippen molar-refractivity contribution in [3.63, 3.8) is 0 Å². The third-order valence-corrected chi connectivity index (χ3v) is 3.51. The molecule has 0 N–H and O–H groups in total. The average Bonchev–Trinajstić information content (AvgIpc) is 2.71. The molecule has 0 radical (unpaired) electrons. The van der Waals surface area contributed by atoms with Crippen molar-refractivity contribution in [3.8, 4) is 0 Å². The molecule has 0 aliphatic heterocycles. The predicted octanol–water partition coefficient (Wildman–Crippen LogP) is 5.13. The molecule has 0 fully saturated rings. The van der Waals surface area contributed by atoms with Gasteiger partial charge in [0, 0.05) is 10.8 Å². The summed E-state index contributed by atoms with van der Waals surface area (Å²) in [6.07, 6.45) is -0.000185. The fourth-order valence-corrected chi connectivity index (χ4v) is 2.91. The third kappa shape index (κ3) is 2.20. The van der Waals surface area contributed by atoms with E-state index in [1.165, 1.54) is 21.8 Å². The van der Waals surface area contributed by atoms with Crippen molar-refractivity contribution in [1.82, 2.24) is 4.57 Å². The fourth-order valence-electron chi connectivity index (χ4n) is 2.91. The monoisotopic (exact) mass is 267 g/mol. The molecule has 2 heteroatoms. The molecule has 3 aromatic rings. The lowest BCUT2D eigenvalue weighted by molar-refractivity contribution is -0.0828. The van der Waals surface area contributed by atoms with Gasteiger partial charge >= 0.3 is 0 Å². The highest BCUT2D eigenvalue weighted by molar-refractivity contribution is 6.08. The zero-order chi connectivity index (χ0) is 14.3. The molecule has 0 aliphatic rings.